The van der Waals surface area contributed by atoms with E-state index in [-0.39, 0.29) is 17.8 Å². The molecule has 2 aromatic rings. The number of aromatic hydroxyl groups is 1. The zero-order valence-corrected chi connectivity index (χ0v) is 18.9. The Morgan fingerprint density at radius 1 is 1.26 bits per heavy atom. The van der Waals surface area contributed by atoms with E-state index in [0.29, 0.717) is 45.2 Å². The van der Waals surface area contributed by atoms with E-state index in [1.807, 2.05) is 0 Å². The Hall–Kier alpha value is -3.51. The van der Waals surface area contributed by atoms with Gasteiger partial charge in [0.25, 0.3) is 11.8 Å². The second-order valence-corrected chi connectivity index (χ2v) is 8.63. The quantitative estimate of drug-likeness (QED) is 0.659. The molecule has 1 aromatic carbocycles. The van der Waals surface area contributed by atoms with Gasteiger partial charge < -0.3 is 24.8 Å². The molecule has 3 aliphatic rings. The number of fused-ring (bicyclic) bond motifs is 3. The molecule has 4 heterocycles. The first-order chi connectivity index (χ1) is 16.7. The highest BCUT2D eigenvalue weighted by Gasteiger charge is 2.50. The van der Waals surface area contributed by atoms with Gasteiger partial charge in [-0.15, -0.1) is 0 Å². The highest BCUT2D eigenvalue weighted by Crippen LogP contribution is 2.38. The number of amides is 2. The maximum Gasteiger partial charge on any atom is 0.278 e. The number of halogens is 2. The van der Waals surface area contributed by atoms with Gasteiger partial charge in [-0.25, -0.2) is 8.78 Å². The third kappa shape index (κ3) is 3.82. The summed E-state index contributed by atoms with van der Waals surface area (Å²) < 4.78 is 40.1. The lowest BCUT2D eigenvalue weighted by atomic mass is 9.99. The average Bonchev–Trinajstić information content (AvgIpc) is 3.28. The largest absolute Gasteiger partial charge is 0.502 e. The lowest BCUT2D eigenvalue weighted by Gasteiger charge is -2.52. The molecular formula is C23H24F2N4O6. The smallest absolute Gasteiger partial charge is 0.278 e. The van der Waals surface area contributed by atoms with E-state index in [9.17, 15) is 28.3 Å². The Morgan fingerprint density at radius 2 is 2.00 bits per heavy atom. The molecule has 2 N–H and O–H groups in total. The molecule has 0 radical (unpaired) electrons. The maximum absolute atomic E-state index is 13.9. The number of nitrogens with zero attached hydrogens (tertiary/aromatic N) is 3. The van der Waals surface area contributed by atoms with Crippen molar-refractivity contribution < 1.29 is 33.0 Å². The number of pyridine rings is 1. The Bertz CT molecular complexity index is 1260. The second-order valence-electron chi connectivity index (χ2n) is 8.63. The van der Waals surface area contributed by atoms with Crippen molar-refractivity contribution in [3.05, 3.63) is 63.1 Å². The Balaban J connectivity index is 1.48. The molecule has 0 saturated carbocycles. The van der Waals surface area contributed by atoms with Crippen molar-refractivity contribution in [1.29, 1.82) is 0 Å². The van der Waals surface area contributed by atoms with E-state index in [1.54, 1.807) is 11.9 Å². The van der Waals surface area contributed by atoms with Crippen LogP contribution in [0.4, 0.5) is 8.78 Å². The van der Waals surface area contributed by atoms with Crippen LogP contribution >= 0.6 is 0 Å². The van der Waals surface area contributed by atoms with E-state index >= 15 is 0 Å². The molecule has 2 saturated heterocycles. The van der Waals surface area contributed by atoms with Gasteiger partial charge in [-0.2, -0.15) is 0 Å². The molecule has 1 spiro atoms. The molecule has 0 aliphatic carbocycles. The fourth-order valence-corrected chi connectivity index (χ4v) is 4.92. The minimum absolute atomic E-state index is 0.0220. The number of piperidine rings is 1. The Kier molecular flexibility index (Phi) is 5.72. The molecule has 0 bridgehead atoms. The average molecular weight is 490 g/mol. The third-order valence-electron chi connectivity index (χ3n) is 6.68. The molecule has 1 aromatic heterocycles. The van der Waals surface area contributed by atoms with Gasteiger partial charge >= 0.3 is 0 Å². The zero-order valence-electron chi connectivity index (χ0n) is 18.9. The van der Waals surface area contributed by atoms with E-state index < -0.39 is 52.1 Å². The number of nitrogens with one attached hydrogen (secondary N) is 1. The van der Waals surface area contributed by atoms with Gasteiger partial charge in [-0.1, -0.05) is 6.07 Å². The summed E-state index contributed by atoms with van der Waals surface area (Å²) in [4.78, 5) is 40.5. The predicted octanol–water partition coefficient (Wildman–Crippen LogP) is 1.04. The lowest BCUT2D eigenvalue weighted by molar-refractivity contribution is -0.186. The number of ether oxygens (including phenoxy) is 2. The van der Waals surface area contributed by atoms with Crippen LogP contribution in [0.3, 0.4) is 0 Å². The fourth-order valence-electron chi connectivity index (χ4n) is 4.92. The minimum atomic E-state index is -1.02. The van der Waals surface area contributed by atoms with Crippen LogP contribution in [0.5, 0.6) is 5.75 Å². The van der Waals surface area contributed by atoms with Crippen molar-refractivity contribution in [2.75, 3.05) is 31.3 Å². The highest BCUT2D eigenvalue weighted by molar-refractivity contribution is 5.99. The number of carbonyl (C=O) groups excluding carboxylic acids is 2. The molecule has 0 unspecified atom stereocenters. The summed E-state index contributed by atoms with van der Waals surface area (Å²) in [6.45, 7) is 3.07. The number of benzene rings is 1. The SMILES string of the molecule is CCN1C(=O)c2c(O)c(=O)c(C(=O)NCc3ccc(F)cc3F)cn2N2CCC3(C[C@@H]12)OCCO3. The van der Waals surface area contributed by atoms with E-state index in [0.717, 1.165) is 6.07 Å². The second kappa shape index (κ2) is 8.61. The first kappa shape index (κ1) is 23.2. The molecule has 186 valence electrons. The van der Waals surface area contributed by atoms with Crippen molar-refractivity contribution in [2.24, 2.45) is 0 Å². The summed E-state index contributed by atoms with van der Waals surface area (Å²) >= 11 is 0. The highest BCUT2D eigenvalue weighted by atomic mass is 19.1. The van der Waals surface area contributed by atoms with Crippen molar-refractivity contribution >= 4 is 11.8 Å². The van der Waals surface area contributed by atoms with Crippen LogP contribution in [0.25, 0.3) is 0 Å². The number of aromatic nitrogens is 1. The van der Waals surface area contributed by atoms with Crippen molar-refractivity contribution in [3.63, 3.8) is 0 Å². The molecule has 5 rings (SSSR count). The van der Waals surface area contributed by atoms with Gasteiger partial charge in [-0.3, -0.25) is 24.1 Å². The number of rotatable bonds is 4. The van der Waals surface area contributed by atoms with Gasteiger partial charge in [-0.05, 0) is 13.0 Å². The molecule has 2 fully saturated rings. The van der Waals surface area contributed by atoms with E-state index in [4.69, 9.17) is 9.47 Å². The first-order valence-corrected chi connectivity index (χ1v) is 11.3. The van der Waals surface area contributed by atoms with Gasteiger partial charge in [0.1, 0.15) is 23.4 Å². The van der Waals surface area contributed by atoms with Crippen LogP contribution in [0, 0.1) is 11.6 Å². The lowest BCUT2D eigenvalue weighted by Crippen LogP contribution is -2.67. The van der Waals surface area contributed by atoms with Gasteiger partial charge in [0, 0.05) is 50.3 Å². The summed E-state index contributed by atoms with van der Waals surface area (Å²) in [6.07, 6.45) is 1.55. The third-order valence-corrected chi connectivity index (χ3v) is 6.68. The topological polar surface area (TPSA) is 113 Å². The Morgan fingerprint density at radius 3 is 2.69 bits per heavy atom. The molecule has 2 amide bonds. The summed E-state index contributed by atoms with van der Waals surface area (Å²) in [5.74, 6) is -4.69. The van der Waals surface area contributed by atoms with Gasteiger partial charge in [0.05, 0.1) is 13.2 Å². The first-order valence-electron chi connectivity index (χ1n) is 11.3. The summed E-state index contributed by atoms with van der Waals surface area (Å²) in [7, 11) is 0. The molecule has 1 atom stereocenters. The van der Waals surface area contributed by atoms with E-state index in [2.05, 4.69) is 5.32 Å². The molecular weight excluding hydrogens is 466 g/mol. The summed E-state index contributed by atoms with van der Waals surface area (Å²) in [5.41, 5.74) is -1.65. The van der Waals surface area contributed by atoms with Gasteiger partial charge in [0.2, 0.25) is 5.43 Å². The van der Waals surface area contributed by atoms with Crippen LogP contribution in [0.1, 0.15) is 46.2 Å². The number of hydrogen-bond donors (Lipinski definition) is 2. The number of hydrogen-bond acceptors (Lipinski definition) is 7. The molecule has 35 heavy (non-hydrogen) atoms. The van der Waals surface area contributed by atoms with Crippen LogP contribution in [0.15, 0.2) is 29.2 Å². The monoisotopic (exact) mass is 490 g/mol. The van der Waals surface area contributed by atoms with Crippen molar-refractivity contribution in [3.8, 4) is 5.75 Å². The van der Waals surface area contributed by atoms with Crippen LogP contribution < -0.4 is 15.8 Å². The van der Waals surface area contributed by atoms with E-state index in [1.165, 1.54) is 21.8 Å². The predicted molar refractivity (Wildman–Crippen MR) is 117 cm³/mol. The normalized spacial score (nSPS) is 20.7. The van der Waals surface area contributed by atoms with Crippen molar-refractivity contribution in [1.82, 2.24) is 14.9 Å². The van der Waals surface area contributed by atoms with Crippen molar-refractivity contribution in [2.45, 2.75) is 38.3 Å². The summed E-state index contributed by atoms with van der Waals surface area (Å²) in [5, 5.41) is 14.9. The molecule has 10 nitrogen and oxygen atoms in total. The standard InChI is InChI=1S/C23H24F2N4O6/c1-2-27-17-10-23(34-7-8-35-23)5-6-28(17)29-12-15(19(30)20(31)18(29)22(27)33)21(32)26-11-13-3-4-14(24)9-16(13)25/h3-4,9,12,17,31H,2,5-8,10-11H2,1H3,(H,26,32)/t17-/m0/s1. The zero-order chi connectivity index (χ0) is 24.9. The minimum Gasteiger partial charge on any atom is -0.502 e. The van der Waals surface area contributed by atoms with Crippen LogP contribution in [-0.4, -0.2) is 64.8 Å². The van der Waals surface area contributed by atoms with Crippen LogP contribution in [-0.2, 0) is 16.0 Å². The fraction of sp³-hybridized carbons (Fsp3) is 0.435. The van der Waals surface area contributed by atoms with Crippen LogP contribution in [0.2, 0.25) is 0 Å². The molecule has 12 heteroatoms. The summed E-state index contributed by atoms with van der Waals surface area (Å²) in [6, 6.07) is 2.92. The van der Waals surface area contributed by atoms with Gasteiger partial charge in [0.15, 0.2) is 17.2 Å². The number of carbonyl (C=O) groups is 2. The molecule has 3 aliphatic heterocycles. The Labute approximate surface area is 198 Å². The maximum atomic E-state index is 13.9.